The minimum Gasteiger partial charge on any atom is -0.388 e. The molecule has 3 unspecified atom stereocenters. The maximum absolute atomic E-state index is 10.4. The molecule has 32 heavy (non-hydrogen) atoms. The van der Waals surface area contributed by atoms with Crippen molar-refractivity contribution in [3.05, 3.63) is 0 Å². The molecule has 0 radical (unpaired) electrons. The van der Waals surface area contributed by atoms with Crippen molar-refractivity contribution in [2.75, 3.05) is 13.2 Å². The van der Waals surface area contributed by atoms with E-state index >= 15 is 0 Å². The number of rotatable bonds is 6. The molecular weight excluding hydrogens is 424 g/mol. The third kappa shape index (κ3) is 4.35. The Labute approximate surface area is 188 Å². The van der Waals surface area contributed by atoms with E-state index in [1.807, 2.05) is 0 Å². The van der Waals surface area contributed by atoms with Gasteiger partial charge in [0.25, 0.3) is 0 Å². The zero-order valence-corrected chi connectivity index (χ0v) is 18.9. The standard InChI is InChI=1S/C22H38O10/c1-9-14(23)16(25)18(27)20(31-9)30-8-13-15(24)17(26)19(28)21(32-13)29-7-10-4-5-11-6-12(10)22(11,2)3/h9-21,23-28H,4-8H2,1-3H3/t9-,10?,11?,12?,13+,14-,15+,16+,17-,18+,19+,20+,21+/m0/s1. The molecule has 0 amide bonds. The molecule has 2 aliphatic heterocycles. The minimum absolute atomic E-state index is 0.289. The summed E-state index contributed by atoms with van der Waals surface area (Å²) in [6, 6.07) is 0. The molecule has 2 heterocycles. The molecule has 13 atom stereocenters. The van der Waals surface area contributed by atoms with E-state index in [0.717, 1.165) is 18.8 Å². The van der Waals surface area contributed by atoms with Crippen LogP contribution in [0.2, 0.25) is 0 Å². The summed E-state index contributed by atoms with van der Waals surface area (Å²) in [7, 11) is 0. The molecule has 0 aromatic heterocycles. The molecule has 6 N–H and O–H groups in total. The van der Waals surface area contributed by atoms with Gasteiger partial charge in [-0.2, -0.15) is 0 Å². The summed E-state index contributed by atoms with van der Waals surface area (Å²) in [5, 5.41) is 60.8. The molecule has 186 valence electrons. The van der Waals surface area contributed by atoms with Crippen molar-refractivity contribution in [1.82, 2.24) is 0 Å². The van der Waals surface area contributed by atoms with Crippen LogP contribution in [0.1, 0.15) is 40.0 Å². The van der Waals surface area contributed by atoms with Crippen molar-refractivity contribution in [3.63, 3.8) is 0 Å². The van der Waals surface area contributed by atoms with E-state index in [9.17, 15) is 30.6 Å². The first kappa shape index (κ1) is 24.7. The fourth-order valence-electron chi connectivity index (χ4n) is 5.91. The summed E-state index contributed by atoms with van der Waals surface area (Å²) >= 11 is 0. The third-order valence-electron chi connectivity index (χ3n) is 8.38. The molecule has 5 aliphatic rings. The van der Waals surface area contributed by atoms with Gasteiger partial charge < -0.3 is 49.6 Å². The van der Waals surface area contributed by atoms with Crippen LogP contribution >= 0.6 is 0 Å². The topological polar surface area (TPSA) is 158 Å². The minimum atomic E-state index is -1.50. The Kier molecular flexibility index (Phi) is 7.21. The number of aliphatic hydroxyl groups excluding tert-OH is 6. The van der Waals surface area contributed by atoms with Crippen molar-refractivity contribution < 1.29 is 49.6 Å². The van der Waals surface area contributed by atoms with E-state index in [-0.39, 0.29) is 6.61 Å². The lowest BCUT2D eigenvalue weighted by atomic mass is 9.46. The van der Waals surface area contributed by atoms with Crippen LogP contribution in [0.25, 0.3) is 0 Å². The van der Waals surface area contributed by atoms with E-state index in [2.05, 4.69) is 13.8 Å². The van der Waals surface area contributed by atoms with Crippen molar-refractivity contribution >= 4 is 0 Å². The van der Waals surface area contributed by atoms with E-state index in [1.54, 1.807) is 0 Å². The van der Waals surface area contributed by atoms with Gasteiger partial charge in [0.2, 0.25) is 0 Å². The molecule has 0 spiro atoms. The number of hydrogen-bond donors (Lipinski definition) is 6. The molecule has 10 nitrogen and oxygen atoms in total. The van der Waals surface area contributed by atoms with Crippen LogP contribution in [0, 0.1) is 23.2 Å². The Morgan fingerprint density at radius 3 is 1.97 bits per heavy atom. The maximum atomic E-state index is 10.4. The first-order valence-corrected chi connectivity index (χ1v) is 11.6. The number of aliphatic hydroxyl groups is 6. The first-order valence-electron chi connectivity index (χ1n) is 11.6. The first-order chi connectivity index (χ1) is 15.0. The highest BCUT2D eigenvalue weighted by molar-refractivity contribution is 5.03. The van der Waals surface area contributed by atoms with Crippen LogP contribution in [-0.2, 0) is 18.9 Å². The highest BCUT2D eigenvalue weighted by Gasteiger charge is 2.54. The summed E-state index contributed by atoms with van der Waals surface area (Å²) in [6.45, 7) is 6.21. The number of hydrogen-bond acceptors (Lipinski definition) is 10. The predicted molar refractivity (Wildman–Crippen MR) is 109 cm³/mol. The Balaban J connectivity index is 1.32. The van der Waals surface area contributed by atoms with E-state index in [0.29, 0.717) is 23.9 Å². The second kappa shape index (κ2) is 9.33. The summed E-state index contributed by atoms with van der Waals surface area (Å²) in [5.74, 6) is 1.67. The van der Waals surface area contributed by atoms with E-state index < -0.39 is 61.4 Å². The van der Waals surface area contributed by atoms with Gasteiger partial charge in [-0.3, -0.25) is 0 Å². The molecule has 2 saturated heterocycles. The van der Waals surface area contributed by atoms with Gasteiger partial charge in [-0.15, -0.1) is 0 Å². The van der Waals surface area contributed by atoms with Crippen molar-refractivity contribution in [2.45, 2.75) is 101 Å². The maximum Gasteiger partial charge on any atom is 0.186 e. The fraction of sp³-hybridized carbons (Fsp3) is 1.00. The van der Waals surface area contributed by atoms with Gasteiger partial charge >= 0.3 is 0 Å². The smallest absolute Gasteiger partial charge is 0.186 e. The lowest BCUT2D eigenvalue weighted by Crippen LogP contribution is -2.61. The summed E-state index contributed by atoms with van der Waals surface area (Å²) in [6.07, 6.45) is -9.36. The van der Waals surface area contributed by atoms with Gasteiger partial charge in [-0.05, 0) is 49.4 Å². The zero-order chi connectivity index (χ0) is 23.4. The molecule has 5 rings (SSSR count). The Bertz CT molecular complexity index is 644. The average molecular weight is 463 g/mol. The largest absolute Gasteiger partial charge is 0.388 e. The predicted octanol–water partition coefficient (Wildman–Crippen LogP) is -1.27. The Hall–Kier alpha value is -0.400. The monoisotopic (exact) mass is 462 g/mol. The lowest BCUT2D eigenvalue weighted by Gasteiger charge is -2.60. The van der Waals surface area contributed by atoms with Gasteiger partial charge in [-0.25, -0.2) is 0 Å². The van der Waals surface area contributed by atoms with Crippen LogP contribution in [0.3, 0.4) is 0 Å². The fourth-order valence-corrected chi connectivity index (χ4v) is 5.91. The van der Waals surface area contributed by atoms with Crippen molar-refractivity contribution in [3.8, 4) is 0 Å². The Morgan fingerprint density at radius 2 is 1.34 bits per heavy atom. The Morgan fingerprint density at radius 1 is 0.750 bits per heavy atom. The van der Waals surface area contributed by atoms with Crippen LogP contribution in [0.15, 0.2) is 0 Å². The summed E-state index contributed by atoms with van der Waals surface area (Å²) in [4.78, 5) is 0. The zero-order valence-electron chi connectivity index (χ0n) is 18.9. The highest BCUT2D eigenvalue weighted by Crippen LogP contribution is 2.61. The normalized spacial score (nSPS) is 53.0. The van der Waals surface area contributed by atoms with Crippen LogP contribution in [0.4, 0.5) is 0 Å². The number of ether oxygens (including phenoxy) is 4. The SMILES string of the molecule is C[C@@H]1O[C@@H](OC[C@H]2O[C@@H](OCC3CCC4CC3C4(C)C)[C@H](O)[C@@H](O)[C@@H]2O)[C@H](O)[C@H](O)[C@H]1O. The lowest BCUT2D eigenvalue weighted by molar-refractivity contribution is -0.330. The summed E-state index contributed by atoms with van der Waals surface area (Å²) in [5.41, 5.74) is 0.292. The van der Waals surface area contributed by atoms with Crippen LogP contribution in [-0.4, -0.2) is 105 Å². The molecule has 0 aromatic carbocycles. The highest BCUT2D eigenvalue weighted by atomic mass is 16.7. The van der Waals surface area contributed by atoms with E-state index in [4.69, 9.17) is 18.9 Å². The van der Waals surface area contributed by atoms with Gasteiger partial charge in [0, 0.05) is 0 Å². The third-order valence-corrected chi connectivity index (χ3v) is 8.38. The van der Waals surface area contributed by atoms with Gasteiger partial charge in [0.1, 0.15) is 42.7 Å². The molecule has 5 fully saturated rings. The molecule has 2 bridgehead atoms. The molecule has 3 aliphatic carbocycles. The van der Waals surface area contributed by atoms with Gasteiger partial charge in [0.15, 0.2) is 12.6 Å². The number of fused-ring (bicyclic) bond motifs is 2. The van der Waals surface area contributed by atoms with E-state index in [1.165, 1.54) is 13.3 Å². The quantitative estimate of drug-likeness (QED) is 0.281. The molecule has 3 saturated carbocycles. The second-order valence-corrected chi connectivity index (χ2v) is 10.6. The van der Waals surface area contributed by atoms with Crippen LogP contribution in [0.5, 0.6) is 0 Å². The second-order valence-electron chi connectivity index (χ2n) is 10.6. The molecular formula is C22H38O10. The van der Waals surface area contributed by atoms with Crippen molar-refractivity contribution in [1.29, 1.82) is 0 Å². The molecule has 10 heteroatoms. The van der Waals surface area contributed by atoms with Gasteiger partial charge in [0.05, 0.1) is 19.3 Å². The van der Waals surface area contributed by atoms with Gasteiger partial charge in [-0.1, -0.05) is 13.8 Å². The van der Waals surface area contributed by atoms with Crippen LogP contribution < -0.4 is 0 Å². The summed E-state index contributed by atoms with van der Waals surface area (Å²) < 4.78 is 22.5. The van der Waals surface area contributed by atoms with Crippen molar-refractivity contribution in [2.24, 2.45) is 23.2 Å². The molecule has 0 aromatic rings. The average Bonchev–Trinajstić information content (AvgIpc) is 2.77.